The van der Waals surface area contributed by atoms with Gasteiger partial charge in [-0.3, -0.25) is 0 Å². The van der Waals surface area contributed by atoms with E-state index in [0.29, 0.717) is 21.1 Å². The first-order chi connectivity index (χ1) is 6.74. The van der Waals surface area contributed by atoms with Crippen LogP contribution >= 0.6 is 15.9 Å². The molecule has 0 saturated carbocycles. The largest absolute Gasteiger partial charge is 0.617 e. The monoisotopic (exact) mass is 248 g/mol. The standard InChI is InChI=1S/C10H5BrN2O/c11-10-5-7(6-12)8-3-1-2-4-9(8)13(10)14/h1-5H. The van der Waals surface area contributed by atoms with Crippen LogP contribution in [0.1, 0.15) is 5.56 Å². The molecule has 68 valence electrons. The Kier molecular flexibility index (Phi) is 2.10. The number of halogens is 1. The quantitative estimate of drug-likeness (QED) is 0.408. The van der Waals surface area contributed by atoms with Crippen molar-refractivity contribution in [3.8, 4) is 6.07 Å². The maximum absolute atomic E-state index is 11.6. The van der Waals surface area contributed by atoms with E-state index in [2.05, 4.69) is 22.0 Å². The minimum atomic E-state index is 0.354. The summed E-state index contributed by atoms with van der Waals surface area (Å²) < 4.78 is 1.11. The lowest BCUT2D eigenvalue weighted by atomic mass is 10.1. The molecule has 1 aromatic carbocycles. The molecule has 0 fully saturated rings. The van der Waals surface area contributed by atoms with E-state index in [0.717, 1.165) is 4.73 Å². The summed E-state index contributed by atoms with van der Waals surface area (Å²) in [6.45, 7) is 0. The molecule has 0 N–H and O–H groups in total. The Morgan fingerprint density at radius 2 is 2.07 bits per heavy atom. The average Bonchev–Trinajstić information content (AvgIpc) is 2.23. The van der Waals surface area contributed by atoms with Gasteiger partial charge in [0.2, 0.25) is 5.52 Å². The first kappa shape index (κ1) is 8.97. The molecule has 3 nitrogen and oxygen atoms in total. The van der Waals surface area contributed by atoms with Crippen molar-refractivity contribution in [3.05, 3.63) is 45.7 Å². The van der Waals surface area contributed by atoms with Gasteiger partial charge in [-0.05, 0) is 6.07 Å². The van der Waals surface area contributed by atoms with Crippen molar-refractivity contribution in [2.75, 3.05) is 0 Å². The third kappa shape index (κ3) is 1.22. The van der Waals surface area contributed by atoms with Crippen molar-refractivity contribution in [2.24, 2.45) is 0 Å². The van der Waals surface area contributed by atoms with Crippen LogP contribution in [0.15, 0.2) is 34.9 Å². The molecule has 0 amide bonds. The SMILES string of the molecule is N#Cc1cc(Br)[n+]([O-])c2ccccc12. The van der Waals surface area contributed by atoms with Gasteiger partial charge < -0.3 is 5.21 Å². The second-order valence-electron chi connectivity index (χ2n) is 2.80. The third-order valence-electron chi connectivity index (χ3n) is 1.99. The fourth-order valence-corrected chi connectivity index (χ4v) is 1.76. The zero-order valence-corrected chi connectivity index (χ0v) is 8.65. The molecule has 14 heavy (non-hydrogen) atoms. The van der Waals surface area contributed by atoms with Gasteiger partial charge in [0, 0.05) is 28.1 Å². The summed E-state index contributed by atoms with van der Waals surface area (Å²) in [6.07, 6.45) is 0. The van der Waals surface area contributed by atoms with Crippen LogP contribution in [0.2, 0.25) is 0 Å². The topological polar surface area (TPSA) is 50.7 Å². The van der Waals surface area contributed by atoms with E-state index < -0.39 is 0 Å². The fraction of sp³-hybridized carbons (Fsp3) is 0. The van der Waals surface area contributed by atoms with E-state index >= 15 is 0 Å². The summed E-state index contributed by atoms with van der Waals surface area (Å²) in [4.78, 5) is 0. The lowest BCUT2D eigenvalue weighted by Crippen LogP contribution is -2.29. The molecule has 4 heteroatoms. The summed E-state index contributed by atoms with van der Waals surface area (Å²) >= 11 is 3.11. The lowest BCUT2D eigenvalue weighted by molar-refractivity contribution is -0.589. The molecular formula is C10H5BrN2O. The van der Waals surface area contributed by atoms with Gasteiger partial charge in [-0.1, -0.05) is 12.1 Å². The minimum absolute atomic E-state index is 0.354. The van der Waals surface area contributed by atoms with Crippen LogP contribution < -0.4 is 4.73 Å². The van der Waals surface area contributed by atoms with Crippen LogP contribution in [0.4, 0.5) is 0 Å². The van der Waals surface area contributed by atoms with Crippen molar-refractivity contribution in [1.29, 1.82) is 5.26 Å². The predicted octanol–water partition coefficient (Wildman–Crippen LogP) is 2.11. The number of para-hydroxylation sites is 1. The number of aromatic nitrogens is 1. The molecular weight excluding hydrogens is 244 g/mol. The van der Waals surface area contributed by atoms with Crippen molar-refractivity contribution >= 4 is 26.8 Å². The number of hydrogen-bond donors (Lipinski definition) is 0. The number of nitrogens with zero attached hydrogens (tertiary/aromatic N) is 2. The highest BCUT2D eigenvalue weighted by Gasteiger charge is 2.11. The van der Waals surface area contributed by atoms with Gasteiger partial charge in [0.25, 0.3) is 4.60 Å². The number of pyridine rings is 1. The Bertz CT molecular complexity index is 546. The number of rotatable bonds is 0. The smallest absolute Gasteiger partial charge is 0.261 e. The second-order valence-corrected chi connectivity index (χ2v) is 3.62. The van der Waals surface area contributed by atoms with E-state index in [1.807, 2.05) is 0 Å². The predicted molar refractivity (Wildman–Crippen MR) is 55.3 cm³/mol. The van der Waals surface area contributed by atoms with E-state index in [1.54, 1.807) is 24.3 Å². The Morgan fingerprint density at radius 3 is 2.79 bits per heavy atom. The molecule has 2 rings (SSSR count). The minimum Gasteiger partial charge on any atom is -0.617 e. The summed E-state index contributed by atoms with van der Waals surface area (Å²) in [5.74, 6) is 0. The van der Waals surface area contributed by atoms with E-state index in [9.17, 15) is 5.21 Å². The van der Waals surface area contributed by atoms with Crippen LogP contribution in [-0.2, 0) is 0 Å². The Balaban J connectivity index is 2.99. The number of nitriles is 1. The van der Waals surface area contributed by atoms with E-state index in [1.165, 1.54) is 6.07 Å². The van der Waals surface area contributed by atoms with Crippen LogP contribution in [0.5, 0.6) is 0 Å². The van der Waals surface area contributed by atoms with Crippen molar-refractivity contribution < 1.29 is 4.73 Å². The van der Waals surface area contributed by atoms with E-state index in [-0.39, 0.29) is 0 Å². The molecule has 0 unspecified atom stereocenters. The average molecular weight is 249 g/mol. The maximum atomic E-state index is 11.6. The van der Waals surface area contributed by atoms with Crippen LogP contribution in [-0.4, -0.2) is 0 Å². The summed E-state index contributed by atoms with van der Waals surface area (Å²) in [6, 6.07) is 10.6. The van der Waals surface area contributed by atoms with Gasteiger partial charge in [0.1, 0.15) is 6.07 Å². The first-order valence-corrected chi connectivity index (χ1v) is 4.74. The first-order valence-electron chi connectivity index (χ1n) is 3.95. The van der Waals surface area contributed by atoms with Crippen LogP contribution in [0, 0.1) is 16.5 Å². The lowest BCUT2D eigenvalue weighted by Gasteiger charge is -2.04. The van der Waals surface area contributed by atoms with Crippen LogP contribution in [0.25, 0.3) is 10.9 Å². The number of hydrogen-bond acceptors (Lipinski definition) is 2. The maximum Gasteiger partial charge on any atom is 0.261 e. The van der Waals surface area contributed by atoms with Crippen molar-refractivity contribution in [3.63, 3.8) is 0 Å². The van der Waals surface area contributed by atoms with Gasteiger partial charge in [-0.25, -0.2) is 0 Å². The summed E-state index contributed by atoms with van der Waals surface area (Å²) in [5.41, 5.74) is 0.998. The molecule has 1 aromatic heterocycles. The molecule has 0 aliphatic heterocycles. The Morgan fingerprint density at radius 1 is 1.36 bits per heavy atom. The van der Waals surface area contributed by atoms with Gasteiger partial charge in [0.05, 0.1) is 10.9 Å². The van der Waals surface area contributed by atoms with Crippen molar-refractivity contribution in [2.45, 2.75) is 0 Å². The highest BCUT2D eigenvalue weighted by Crippen LogP contribution is 2.18. The van der Waals surface area contributed by atoms with Crippen LogP contribution in [0.3, 0.4) is 0 Å². The fourth-order valence-electron chi connectivity index (χ4n) is 1.34. The Labute approximate surface area is 88.9 Å². The van der Waals surface area contributed by atoms with E-state index in [4.69, 9.17) is 5.26 Å². The normalized spacial score (nSPS) is 10.0. The Hall–Kier alpha value is -1.60. The summed E-state index contributed by atoms with van der Waals surface area (Å²) in [7, 11) is 0. The summed E-state index contributed by atoms with van der Waals surface area (Å²) in [5, 5.41) is 21.1. The highest BCUT2D eigenvalue weighted by molar-refractivity contribution is 9.10. The molecule has 0 aliphatic carbocycles. The number of fused-ring (bicyclic) bond motifs is 1. The van der Waals surface area contributed by atoms with Gasteiger partial charge in [-0.2, -0.15) is 9.99 Å². The second kappa shape index (κ2) is 3.28. The van der Waals surface area contributed by atoms with Gasteiger partial charge >= 0.3 is 0 Å². The van der Waals surface area contributed by atoms with Gasteiger partial charge in [0.15, 0.2) is 0 Å². The molecule has 1 heterocycles. The number of benzene rings is 1. The zero-order chi connectivity index (χ0) is 10.1. The van der Waals surface area contributed by atoms with Crippen molar-refractivity contribution in [1.82, 2.24) is 0 Å². The molecule has 0 atom stereocenters. The molecule has 0 aliphatic rings. The molecule has 0 bridgehead atoms. The molecule has 0 radical (unpaired) electrons. The molecule has 0 spiro atoms. The van der Waals surface area contributed by atoms with Gasteiger partial charge in [-0.15, -0.1) is 0 Å². The molecule has 2 aromatic rings. The third-order valence-corrected chi connectivity index (χ3v) is 2.54. The molecule has 0 saturated heterocycles. The highest BCUT2D eigenvalue weighted by atomic mass is 79.9. The zero-order valence-electron chi connectivity index (χ0n) is 7.07.